The van der Waals surface area contributed by atoms with Crippen molar-refractivity contribution in [2.75, 3.05) is 34.4 Å². The summed E-state index contributed by atoms with van der Waals surface area (Å²) in [4.78, 5) is 21.4. The van der Waals surface area contributed by atoms with Crippen LogP contribution in [0.25, 0.3) is 28.2 Å². The monoisotopic (exact) mass is 531 g/mol. The fraction of sp³-hybridized carbons (Fsp3) is 0.448. The van der Waals surface area contributed by atoms with Gasteiger partial charge in [0, 0.05) is 29.9 Å². The number of pyridine rings is 1. The average Bonchev–Trinajstić information content (AvgIpc) is 3.57. The zero-order valence-corrected chi connectivity index (χ0v) is 23.7. The summed E-state index contributed by atoms with van der Waals surface area (Å²) in [5.41, 5.74) is 6.61. The van der Waals surface area contributed by atoms with Crippen molar-refractivity contribution < 1.29 is 14.3 Å². The van der Waals surface area contributed by atoms with Crippen LogP contribution in [0.4, 0.5) is 0 Å². The molecule has 2 unspecified atom stereocenters. The fourth-order valence-corrected chi connectivity index (χ4v) is 5.11. The van der Waals surface area contributed by atoms with Gasteiger partial charge in [-0.15, -0.1) is 0 Å². The molecule has 0 spiro atoms. The van der Waals surface area contributed by atoms with Crippen LogP contribution >= 0.6 is 0 Å². The van der Waals surface area contributed by atoms with Gasteiger partial charge in [0.1, 0.15) is 6.33 Å². The number of nitrogens with one attached hydrogen (secondary N) is 1. The second-order valence-corrected chi connectivity index (χ2v) is 10.6. The number of aromatic nitrogens is 5. The van der Waals surface area contributed by atoms with Crippen molar-refractivity contribution >= 4 is 11.6 Å². The maximum absolute atomic E-state index is 13.2. The fourth-order valence-electron chi connectivity index (χ4n) is 5.11. The van der Waals surface area contributed by atoms with Crippen LogP contribution in [0, 0.1) is 0 Å². The number of rotatable bonds is 9. The smallest absolute Gasteiger partial charge is 0.239 e. The van der Waals surface area contributed by atoms with Gasteiger partial charge in [0.25, 0.3) is 0 Å². The van der Waals surface area contributed by atoms with E-state index in [0.29, 0.717) is 30.7 Å². The molecule has 0 radical (unpaired) electrons. The molecule has 1 aromatic carbocycles. The molecule has 4 heterocycles. The molecule has 0 aliphatic carbocycles. The van der Waals surface area contributed by atoms with Crippen LogP contribution in [0.3, 0.4) is 0 Å². The number of aromatic amines is 1. The van der Waals surface area contributed by atoms with Crippen LogP contribution in [0.15, 0.2) is 42.9 Å². The standard InChI is InChI=1S/C29H37N7O3/c1-17(2)25-26(32-33-27(25)22-12-24(38-7)28-30-16-31-36(28)13-22)21-10-8-20(9-11-21)18(3)35(6)29(37)19(4)34(5)23-14-39-15-23/h8-13,16-19,23H,14-15H2,1-7H3,(H,32,33). The highest BCUT2D eigenvalue weighted by atomic mass is 16.5. The highest BCUT2D eigenvalue weighted by molar-refractivity contribution is 5.82. The summed E-state index contributed by atoms with van der Waals surface area (Å²) in [6, 6.07) is 10.3. The van der Waals surface area contributed by atoms with Gasteiger partial charge >= 0.3 is 0 Å². The minimum Gasteiger partial charge on any atom is -0.493 e. The molecule has 1 fully saturated rings. The molecule has 0 bridgehead atoms. The lowest BCUT2D eigenvalue weighted by Crippen LogP contribution is -2.55. The van der Waals surface area contributed by atoms with Crippen LogP contribution in [0.1, 0.15) is 50.8 Å². The van der Waals surface area contributed by atoms with Gasteiger partial charge in [0.15, 0.2) is 11.4 Å². The number of likely N-dealkylation sites (N-methyl/N-ethyl adjacent to an activating group) is 2. The molecule has 1 aliphatic rings. The summed E-state index contributed by atoms with van der Waals surface area (Å²) in [6.07, 6.45) is 3.45. The van der Waals surface area contributed by atoms with Gasteiger partial charge in [-0.05, 0) is 38.4 Å². The van der Waals surface area contributed by atoms with Gasteiger partial charge in [0.05, 0.1) is 49.8 Å². The minimum absolute atomic E-state index is 0.0683. The third-order valence-electron chi connectivity index (χ3n) is 7.99. The zero-order chi connectivity index (χ0) is 27.8. The Labute approximate surface area is 228 Å². The molecule has 1 aliphatic heterocycles. The maximum Gasteiger partial charge on any atom is 0.239 e. The van der Waals surface area contributed by atoms with Crippen LogP contribution in [0.2, 0.25) is 0 Å². The number of hydrogen-bond acceptors (Lipinski definition) is 7. The quantitative estimate of drug-likeness (QED) is 0.346. The topological polar surface area (TPSA) is 101 Å². The molecule has 1 amide bonds. The van der Waals surface area contributed by atoms with Crippen molar-refractivity contribution in [3.63, 3.8) is 0 Å². The number of carbonyl (C=O) groups is 1. The first-order valence-corrected chi connectivity index (χ1v) is 13.3. The number of amides is 1. The molecule has 1 saturated heterocycles. The highest BCUT2D eigenvalue weighted by Gasteiger charge is 2.32. The lowest BCUT2D eigenvalue weighted by molar-refractivity contribution is -0.141. The molecule has 2 atom stereocenters. The van der Waals surface area contributed by atoms with E-state index in [9.17, 15) is 4.79 Å². The predicted octanol–water partition coefficient (Wildman–Crippen LogP) is 4.16. The minimum atomic E-state index is -0.211. The van der Waals surface area contributed by atoms with Crippen LogP contribution in [0.5, 0.6) is 5.75 Å². The molecule has 0 saturated carbocycles. The van der Waals surface area contributed by atoms with Crippen molar-refractivity contribution in [2.45, 2.75) is 51.7 Å². The Morgan fingerprint density at radius 2 is 1.85 bits per heavy atom. The van der Waals surface area contributed by atoms with Crippen molar-refractivity contribution in [2.24, 2.45) is 0 Å². The van der Waals surface area contributed by atoms with E-state index in [1.54, 1.807) is 11.6 Å². The first kappa shape index (κ1) is 26.8. The molecule has 10 nitrogen and oxygen atoms in total. The Kier molecular flexibility index (Phi) is 7.42. The second-order valence-electron chi connectivity index (χ2n) is 10.6. The Morgan fingerprint density at radius 3 is 2.46 bits per heavy atom. The molecule has 3 aromatic heterocycles. The molecule has 10 heteroatoms. The second kappa shape index (κ2) is 10.8. The molecular weight excluding hydrogens is 494 g/mol. The van der Waals surface area contributed by atoms with E-state index in [2.05, 4.69) is 65.1 Å². The van der Waals surface area contributed by atoms with Crippen molar-refractivity contribution in [3.8, 4) is 28.3 Å². The van der Waals surface area contributed by atoms with E-state index in [1.165, 1.54) is 6.33 Å². The number of carbonyl (C=O) groups excluding carboxylic acids is 1. The summed E-state index contributed by atoms with van der Waals surface area (Å²) in [5, 5.41) is 12.3. The van der Waals surface area contributed by atoms with Crippen LogP contribution in [-0.4, -0.2) is 87.0 Å². The van der Waals surface area contributed by atoms with E-state index < -0.39 is 0 Å². The van der Waals surface area contributed by atoms with Gasteiger partial charge in [-0.3, -0.25) is 14.8 Å². The Hall–Kier alpha value is -3.76. The van der Waals surface area contributed by atoms with E-state index in [1.807, 2.05) is 38.2 Å². The number of fused-ring (bicyclic) bond motifs is 1. The van der Waals surface area contributed by atoms with E-state index >= 15 is 0 Å². The van der Waals surface area contributed by atoms with Gasteiger partial charge in [-0.1, -0.05) is 38.1 Å². The molecule has 206 valence electrons. The summed E-state index contributed by atoms with van der Waals surface area (Å²) in [7, 11) is 5.50. The first-order chi connectivity index (χ1) is 18.7. The largest absolute Gasteiger partial charge is 0.493 e. The molecule has 4 aromatic rings. The van der Waals surface area contributed by atoms with Gasteiger partial charge in [-0.25, -0.2) is 9.50 Å². The van der Waals surface area contributed by atoms with Gasteiger partial charge in [-0.2, -0.15) is 10.2 Å². The number of H-pyrrole nitrogens is 1. The summed E-state index contributed by atoms with van der Waals surface area (Å²) < 4.78 is 12.6. The predicted molar refractivity (Wildman–Crippen MR) is 150 cm³/mol. The molecular formula is C29H37N7O3. The van der Waals surface area contributed by atoms with Crippen LogP contribution in [-0.2, 0) is 9.53 Å². The van der Waals surface area contributed by atoms with Crippen molar-refractivity contribution in [3.05, 3.63) is 54.0 Å². The number of nitrogens with zero attached hydrogens (tertiary/aromatic N) is 6. The van der Waals surface area contributed by atoms with E-state index in [0.717, 1.165) is 33.6 Å². The number of hydrogen-bond donors (Lipinski definition) is 1. The third kappa shape index (κ3) is 4.90. The van der Waals surface area contributed by atoms with Gasteiger partial charge < -0.3 is 14.4 Å². The Morgan fingerprint density at radius 1 is 1.13 bits per heavy atom. The first-order valence-electron chi connectivity index (χ1n) is 13.3. The normalized spacial score (nSPS) is 15.5. The lowest BCUT2D eigenvalue weighted by atomic mass is 9.93. The van der Waals surface area contributed by atoms with Gasteiger partial charge in [0.2, 0.25) is 5.91 Å². The molecule has 5 rings (SSSR count). The Bertz CT molecular complexity index is 1460. The van der Waals surface area contributed by atoms with Crippen LogP contribution < -0.4 is 4.74 Å². The Balaban J connectivity index is 1.39. The van der Waals surface area contributed by atoms with Crippen molar-refractivity contribution in [1.29, 1.82) is 0 Å². The summed E-state index contributed by atoms with van der Waals surface area (Å²) >= 11 is 0. The summed E-state index contributed by atoms with van der Waals surface area (Å²) in [5.74, 6) is 0.960. The zero-order valence-electron chi connectivity index (χ0n) is 23.7. The molecule has 1 N–H and O–H groups in total. The average molecular weight is 532 g/mol. The lowest BCUT2D eigenvalue weighted by Gasteiger charge is -2.39. The summed E-state index contributed by atoms with van der Waals surface area (Å²) in [6.45, 7) is 9.72. The van der Waals surface area contributed by atoms with E-state index in [-0.39, 0.29) is 23.9 Å². The number of benzene rings is 1. The van der Waals surface area contributed by atoms with Crippen molar-refractivity contribution in [1.82, 2.24) is 34.6 Å². The SMILES string of the molecule is COc1cc(-c2[nH]nc(-c3ccc(C(C)N(C)C(=O)C(C)N(C)C4COC4)cc3)c2C(C)C)cn2ncnc12. The van der Waals surface area contributed by atoms with E-state index in [4.69, 9.17) is 14.6 Å². The maximum atomic E-state index is 13.2. The highest BCUT2D eigenvalue weighted by Crippen LogP contribution is 2.37. The number of methoxy groups -OCH3 is 1. The third-order valence-corrected chi connectivity index (χ3v) is 7.99. The molecule has 39 heavy (non-hydrogen) atoms. The number of ether oxygens (including phenoxy) is 2.